The molecule has 0 spiro atoms. The average Bonchev–Trinajstić information content (AvgIpc) is 2.57. The molecule has 3 heteroatoms. The summed E-state index contributed by atoms with van der Waals surface area (Å²) in [6.45, 7) is 2.02. The van der Waals surface area contributed by atoms with Crippen LogP contribution >= 0.6 is 11.3 Å². The molecule has 14 heavy (non-hydrogen) atoms. The summed E-state index contributed by atoms with van der Waals surface area (Å²) in [6.07, 6.45) is 0.891. The van der Waals surface area contributed by atoms with Crippen molar-refractivity contribution in [2.75, 3.05) is 0 Å². The van der Waals surface area contributed by atoms with Crippen LogP contribution in [0, 0.1) is 5.13 Å². The van der Waals surface area contributed by atoms with Gasteiger partial charge in [0, 0.05) is 10.1 Å². The van der Waals surface area contributed by atoms with Gasteiger partial charge in [0.05, 0.1) is 6.61 Å². The van der Waals surface area contributed by atoms with Gasteiger partial charge in [0.25, 0.3) is 0 Å². The molecule has 0 bridgehead atoms. The van der Waals surface area contributed by atoms with Crippen LogP contribution in [0.5, 0.6) is 0 Å². The lowest BCUT2D eigenvalue weighted by Crippen LogP contribution is -1.86. The Labute approximate surface area is 85.8 Å². The Balaban J connectivity index is 2.77. The molecule has 0 aliphatic carbocycles. The number of hydrogen-bond donors (Lipinski definition) is 1. The van der Waals surface area contributed by atoms with Gasteiger partial charge in [-0.05, 0) is 23.6 Å². The first kappa shape index (κ1) is 9.62. The number of thiophene rings is 1. The van der Waals surface area contributed by atoms with Crippen molar-refractivity contribution in [1.82, 2.24) is 0 Å². The summed E-state index contributed by atoms with van der Waals surface area (Å²) in [7, 11) is 0. The smallest absolute Gasteiger partial charge is 0.177 e. The molecular weight excluding hydrogens is 199 g/mol. The lowest BCUT2D eigenvalue weighted by molar-refractivity contribution is 0.283. The normalized spacial score (nSPS) is 11.1. The molecular formula is C11H11FOS. The Morgan fingerprint density at radius 2 is 2.07 bits per heavy atom. The Bertz CT molecular complexity index is 421. The fraction of sp³-hybridized carbons (Fsp3) is 0.273. The van der Waals surface area contributed by atoms with Crippen LogP contribution in [-0.4, -0.2) is 5.11 Å². The molecule has 0 aliphatic rings. The number of halogens is 1. The molecule has 1 aromatic carbocycles. The highest BCUT2D eigenvalue weighted by Crippen LogP contribution is 2.30. The summed E-state index contributed by atoms with van der Waals surface area (Å²) >= 11 is 1.16. The second-order valence-electron chi connectivity index (χ2n) is 3.19. The quantitative estimate of drug-likeness (QED) is 0.807. The molecule has 0 radical (unpaired) electrons. The van der Waals surface area contributed by atoms with Crippen LogP contribution in [0.2, 0.25) is 0 Å². The van der Waals surface area contributed by atoms with Crippen LogP contribution in [0.15, 0.2) is 18.2 Å². The lowest BCUT2D eigenvalue weighted by Gasteiger charge is -2.02. The largest absolute Gasteiger partial charge is 0.392 e. The predicted molar refractivity (Wildman–Crippen MR) is 57.1 cm³/mol. The zero-order chi connectivity index (χ0) is 10.1. The molecule has 0 saturated heterocycles. The highest BCUT2D eigenvalue weighted by Gasteiger charge is 2.08. The van der Waals surface area contributed by atoms with Gasteiger partial charge < -0.3 is 5.11 Å². The van der Waals surface area contributed by atoms with Crippen molar-refractivity contribution in [1.29, 1.82) is 0 Å². The number of aryl methyl sites for hydroxylation is 1. The second-order valence-corrected chi connectivity index (χ2v) is 4.19. The van der Waals surface area contributed by atoms with Crippen molar-refractivity contribution in [2.24, 2.45) is 0 Å². The van der Waals surface area contributed by atoms with Gasteiger partial charge in [-0.15, -0.1) is 11.3 Å². The number of benzene rings is 1. The van der Waals surface area contributed by atoms with E-state index in [2.05, 4.69) is 0 Å². The number of aliphatic hydroxyl groups is 1. The number of fused-ring (bicyclic) bond motifs is 1. The van der Waals surface area contributed by atoms with Crippen molar-refractivity contribution in [3.63, 3.8) is 0 Å². The molecule has 0 aliphatic heterocycles. The first-order valence-electron chi connectivity index (χ1n) is 4.57. The molecule has 0 saturated carbocycles. The minimum absolute atomic E-state index is 0.0311. The monoisotopic (exact) mass is 210 g/mol. The van der Waals surface area contributed by atoms with Gasteiger partial charge in [-0.25, -0.2) is 0 Å². The summed E-state index contributed by atoms with van der Waals surface area (Å²) in [5, 5.41) is 9.76. The zero-order valence-electron chi connectivity index (χ0n) is 7.88. The molecule has 0 fully saturated rings. The zero-order valence-corrected chi connectivity index (χ0v) is 8.70. The molecule has 1 nitrogen and oxygen atoms in total. The third-order valence-electron chi connectivity index (χ3n) is 2.38. The third kappa shape index (κ3) is 1.42. The summed E-state index contributed by atoms with van der Waals surface area (Å²) in [5.41, 5.74) is 1.95. The van der Waals surface area contributed by atoms with Crippen molar-refractivity contribution in [3.05, 3.63) is 34.5 Å². The van der Waals surface area contributed by atoms with Crippen LogP contribution in [0.3, 0.4) is 0 Å². The van der Waals surface area contributed by atoms with Crippen LogP contribution in [-0.2, 0) is 13.0 Å². The van der Waals surface area contributed by atoms with E-state index in [0.29, 0.717) is 0 Å². The van der Waals surface area contributed by atoms with E-state index in [4.69, 9.17) is 5.11 Å². The topological polar surface area (TPSA) is 20.2 Å². The standard InChI is InChI=1S/C11H11FOS/c1-2-7-3-4-8(6-13)9-5-10(12)14-11(7)9/h3-5,13H,2,6H2,1H3. The Kier molecular flexibility index (Phi) is 2.52. The molecule has 1 N–H and O–H groups in total. The van der Waals surface area contributed by atoms with Gasteiger partial charge in [-0.3, -0.25) is 0 Å². The first-order valence-corrected chi connectivity index (χ1v) is 5.38. The number of aliphatic hydroxyl groups excluding tert-OH is 1. The van der Waals surface area contributed by atoms with Crippen molar-refractivity contribution in [2.45, 2.75) is 20.0 Å². The molecule has 2 aromatic rings. The number of hydrogen-bond acceptors (Lipinski definition) is 2. The molecule has 0 atom stereocenters. The minimum Gasteiger partial charge on any atom is -0.392 e. The van der Waals surface area contributed by atoms with E-state index in [1.807, 2.05) is 19.1 Å². The summed E-state index contributed by atoms with van der Waals surface area (Å²) < 4.78 is 14.1. The van der Waals surface area contributed by atoms with Crippen molar-refractivity contribution < 1.29 is 9.50 Å². The molecule has 0 unspecified atom stereocenters. The Hall–Kier alpha value is -0.930. The highest BCUT2D eigenvalue weighted by molar-refractivity contribution is 7.17. The second kappa shape index (κ2) is 3.67. The van der Waals surface area contributed by atoms with E-state index in [-0.39, 0.29) is 11.7 Å². The van der Waals surface area contributed by atoms with Gasteiger partial charge in [-0.1, -0.05) is 19.1 Å². The SMILES string of the molecule is CCc1ccc(CO)c2cc(F)sc12. The van der Waals surface area contributed by atoms with Crippen LogP contribution in [0.25, 0.3) is 10.1 Å². The van der Waals surface area contributed by atoms with E-state index in [0.717, 1.165) is 39.0 Å². The van der Waals surface area contributed by atoms with Gasteiger partial charge in [0.15, 0.2) is 5.13 Å². The van der Waals surface area contributed by atoms with Crippen LogP contribution < -0.4 is 0 Å². The number of rotatable bonds is 2. The summed E-state index contributed by atoms with van der Waals surface area (Å²) in [4.78, 5) is 0. The molecule has 1 aromatic heterocycles. The Morgan fingerprint density at radius 3 is 2.71 bits per heavy atom. The third-order valence-corrected chi connectivity index (χ3v) is 3.38. The van der Waals surface area contributed by atoms with E-state index >= 15 is 0 Å². The molecule has 1 heterocycles. The maximum absolute atomic E-state index is 13.1. The van der Waals surface area contributed by atoms with E-state index in [9.17, 15) is 4.39 Å². The van der Waals surface area contributed by atoms with Crippen LogP contribution in [0.4, 0.5) is 4.39 Å². The van der Waals surface area contributed by atoms with Gasteiger partial charge in [0.1, 0.15) is 0 Å². The van der Waals surface area contributed by atoms with E-state index < -0.39 is 0 Å². The fourth-order valence-corrected chi connectivity index (χ4v) is 2.64. The van der Waals surface area contributed by atoms with Crippen LogP contribution in [0.1, 0.15) is 18.1 Å². The van der Waals surface area contributed by atoms with Gasteiger partial charge in [0.2, 0.25) is 0 Å². The van der Waals surface area contributed by atoms with E-state index in [1.165, 1.54) is 6.07 Å². The maximum atomic E-state index is 13.1. The molecule has 74 valence electrons. The first-order chi connectivity index (χ1) is 6.76. The van der Waals surface area contributed by atoms with Gasteiger partial charge >= 0.3 is 0 Å². The fourth-order valence-electron chi connectivity index (χ4n) is 1.62. The summed E-state index contributed by atoms with van der Waals surface area (Å²) in [6, 6.07) is 5.34. The average molecular weight is 210 g/mol. The van der Waals surface area contributed by atoms with Crippen molar-refractivity contribution >= 4 is 21.4 Å². The Morgan fingerprint density at radius 1 is 1.36 bits per heavy atom. The molecule has 0 amide bonds. The lowest BCUT2D eigenvalue weighted by atomic mass is 10.1. The van der Waals surface area contributed by atoms with E-state index in [1.54, 1.807) is 0 Å². The van der Waals surface area contributed by atoms with Crippen molar-refractivity contribution in [3.8, 4) is 0 Å². The maximum Gasteiger partial charge on any atom is 0.177 e. The highest BCUT2D eigenvalue weighted by atomic mass is 32.1. The minimum atomic E-state index is -0.185. The predicted octanol–water partition coefficient (Wildman–Crippen LogP) is 3.10. The van der Waals surface area contributed by atoms with Gasteiger partial charge in [-0.2, -0.15) is 4.39 Å². The summed E-state index contributed by atoms with van der Waals surface area (Å²) in [5.74, 6) is 0. The molecule has 2 rings (SSSR count).